The first-order valence-electron chi connectivity index (χ1n) is 20.1. The third-order valence-corrected chi connectivity index (χ3v) is 12.3. The van der Waals surface area contributed by atoms with E-state index in [0.717, 1.165) is 107 Å². The first-order valence-corrected chi connectivity index (χ1v) is 20.4. The molecule has 5 aliphatic heterocycles. The number of nitrogens with zero attached hydrogens (tertiary/aromatic N) is 7. The van der Waals surface area contributed by atoms with Gasteiger partial charge in [-0.3, -0.25) is 39.1 Å². The number of fused-ring (bicyclic) bond motifs is 1. The molecule has 16 heteroatoms. The van der Waals surface area contributed by atoms with Crippen LogP contribution in [0.15, 0.2) is 54.7 Å². The summed E-state index contributed by atoms with van der Waals surface area (Å²) in [6.07, 6.45) is 5.51. The molecule has 0 aliphatic carbocycles. The lowest BCUT2D eigenvalue weighted by atomic mass is 9.95. The summed E-state index contributed by atoms with van der Waals surface area (Å²) >= 11 is 6.23. The molecule has 3 aromatic rings. The predicted octanol–water partition coefficient (Wildman–Crippen LogP) is 3.67. The summed E-state index contributed by atoms with van der Waals surface area (Å²) in [6.45, 7) is 7.87. The molecule has 2 aromatic carbocycles. The number of aromatic nitrogens is 1. The maximum absolute atomic E-state index is 13.3. The molecule has 0 spiro atoms. The van der Waals surface area contributed by atoms with Crippen LogP contribution in [-0.2, 0) is 19.1 Å². The van der Waals surface area contributed by atoms with Crippen molar-refractivity contribution in [3.63, 3.8) is 0 Å². The van der Waals surface area contributed by atoms with Crippen LogP contribution in [0.1, 0.15) is 64.8 Å². The van der Waals surface area contributed by atoms with Gasteiger partial charge in [-0.2, -0.15) is 5.26 Å². The maximum Gasteiger partial charge on any atom is 0.262 e. The number of hydrogen-bond acceptors (Lipinski definition) is 12. The van der Waals surface area contributed by atoms with Gasteiger partial charge in [-0.25, -0.2) is 4.98 Å². The average Bonchev–Trinajstić information content (AvgIpc) is 3.49. The Bertz CT molecular complexity index is 2120. The fraction of sp³-hybridized carbons (Fsp3) is 0.452. The molecule has 2 N–H and O–H groups in total. The molecule has 5 aliphatic rings. The first-order chi connectivity index (χ1) is 28.1. The molecule has 4 saturated heterocycles. The highest BCUT2D eigenvalue weighted by Crippen LogP contribution is 2.32. The zero-order chi connectivity index (χ0) is 40.3. The first kappa shape index (κ1) is 39.3. The molecular formula is C42H46ClN9O6. The third kappa shape index (κ3) is 8.36. The summed E-state index contributed by atoms with van der Waals surface area (Å²) in [5.41, 5.74) is 3.88. The summed E-state index contributed by atoms with van der Waals surface area (Å²) in [4.78, 5) is 78.0. The van der Waals surface area contributed by atoms with E-state index in [4.69, 9.17) is 21.6 Å². The van der Waals surface area contributed by atoms with E-state index in [0.29, 0.717) is 28.6 Å². The van der Waals surface area contributed by atoms with Crippen LogP contribution >= 0.6 is 11.6 Å². The van der Waals surface area contributed by atoms with Crippen molar-refractivity contribution in [2.24, 2.45) is 5.92 Å². The molecule has 15 nitrogen and oxygen atoms in total. The van der Waals surface area contributed by atoms with Gasteiger partial charge in [0.25, 0.3) is 11.8 Å². The van der Waals surface area contributed by atoms with Crippen LogP contribution in [0.5, 0.6) is 0 Å². The number of pyridine rings is 1. The number of carbonyl (C=O) groups excluding carboxylic acids is 5. The van der Waals surface area contributed by atoms with Crippen LogP contribution in [-0.4, -0.2) is 122 Å². The largest absolute Gasteiger partial charge is 0.377 e. The van der Waals surface area contributed by atoms with Gasteiger partial charge in [-0.15, -0.1) is 0 Å². The summed E-state index contributed by atoms with van der Waals surface area (Å²) in [5, 5.41) is 14.8. The molecular weight excluding hydrogens is 762 g/mol. The summed E-state index contributed by atoms with van der Waals surface area (Å²) in [6, 6.07) is 15.7. The van der Waals surface area contributed by atoms with Crippen molar-refractivity contribution < 1.29 is 28.7 Å². The second-order valence-corrected chi connectivity index (χ2v) is 15.9. The van der Waals surface area contributed by atoms with Crippen molar-refractivity contribution >= 4 is 64.0 Å². The lowest BCUT2D eigenvalue weighted by molar-refractivity contribution is -0.136. The number of piperidine rings is 3. The zero-order valence-corrected chi connectivity index (χ0v) is 33.0. The van der Waals surface area contributed by atoms with Crippen LogP contribution < -0.4 is 25.3 Å². The number of imide groups is 2. The zero-order valence-electron chi connectivity index (χ0n) is 32.2. The number of nitrogens with one attached hydrogen (secondary N) is 2. The van der Waals surface area contributed by atoms with Crippen molar-refractivity contribution in [3.05, 3.63) is 76.4 Å². The molecule has 0 saturated carbocycles. The minimum atomic E-state index is -0.977. The molecule has 8 rings (SSSR count). The van der Waals surface area contributed by atoms with E-state index < -0.39 is 29.7 Å². The van der Waals surface area contributed by atoms with E-state index in [9.17, 15) is 24.0 Å². The Labute approximate surface area is 341 Å². The van der Waals surface area contributed by atoms with E-state index >= 15 is 0 Å². The van der Waals surface area contributed by atoms with Crippen molar-refractivity contribution in [1.82, 2.24) is 20.1 Å². The van der Waals surface area contributed by atoms with Gasteiger partial charge < -0.3 is 24.8 Å². The molecule has 58 heavy (non-hydrogen) atoms. The van der Waals surface area contributed by atoms with Crippen LogP contribution in [0.25, 0.3) is 0 Å². The summed E-state index contributed by atoms with van der Waals surface area (Å²) in [5.74, 6) is -1.57. The topological polar surface area (TPSA) is 172 Å². The normalized spacial score (nSPS) is 20.9. The Morgan fingerprint density at radius 3 is 2.16 bits per heavy atom. The smallest absolute Gasteiger partial charge is 0.262 e. The molecule has 0 radical (unpaired) electrons. The highest BCUT2D eigenvalue weighted by Gasteiger charge is 2.45. The van der Waals surface area contributed by atoms with Crippen LogP contribution in [0.3, 0.4) is 0 Å². The van der Waals surface area contributed by atoms with E-state index in [1.165, 1.54) is 0 Å². The van der Waals surface area contributed by atoms with Crippen LogP contribution in [0, 0.1) is 17.2 Å². The van der Waals surface area contributed by atoms with Crippen molar-refractivity contribution in [1.29, 1.82) is 5.26 Å². The highest BCUT2D eigenvalue weighted by atomic mass is 35.5. The van der Waals surface area contributed by atoms with Gasteiger partial charge in [0.15, 0.2) is 0 Å². The summed E-state index contributed by atoms with van der Waals surface area (Å²) in [7, 11) is 0. The number of anilines is 4. The Morgan fingerprint density at radius 1 is 0.810 bits per heavy atom. The van der Waals surface area contributed by atoms with E-state index in [-0.39, 0.29) is 36.3 Å². The fourth-order valence-corrected chi connectivity index (χ4v) is 8.80. The number of halogens is 1. The standard InChI is InChI=1S/C42H46ClN9O6/c43-35-24-30(2-1-28(35)25-44)49-13-9-27(10-14-49)39(54)46-37-7-4-31(26-45-37)50-15-11-32(12-16-50)58-22-21-48-17-19-51(20-18-48)29-3-5-33-34(23-29)42(57)52(41(33)56)36-6-8-38(53)47-40(36)55/h1-5,7,23-24,26-27,32,36H,6,8-22H2,(H,45,46,54)(H,47,53,55). The molecule has 1 aromatic heterocycles. The Morgan fingerprint density at radius 2 is 1.47 bits per heavy atom. The number of rotatable bonds is 10. The van der Waals surface area contributed by atoms with Crippen LogP contribution in [0.4, 0.5) is 22.9 Å². The molecule has 6 heterocycles. The molecule has 1 atom stereocenters. The minimum absolute atomic E-state index is 0.0188. The van der Waals surface area contributed by atoms with Gasteiger partial charge in [0.1, 0.15) is 17.9 Å². The van der Waals surface area contributed by atoms with Gasteiger partial charge >= 0.3 is 0 Å². The number of ether oxygens (including phenoxy) is 1. The van der Waals surface area contributed by atoms with E-state index in [1.54, 1.807) is 18.2 Å². The molecule has 302 valence electrons. The Balaban J connectivity index is 0.726. The van der Waals surface area contributed by atoms with Gasteiger partial charge in [-0.1, -0.05) is 11.6 Å². The Hall–Kier alpha value is -5.56. The average molecular weight is 808 g/mol. The van der Waals surface area contributed by atoms with Crippen molar-refractivity contribution in [2.75, 3.05) is 85.5 Å². The molecule has 5 amide bonds. The molecule has 0 bridgehead atoms. The predicted molar refractivity (Wildman–Crippen MR) is 217 cm³/mol. The van der Waals surface area contributed by atoms with Gasteiger partial charge in [0.05, 0.1) is 46.3 Å². The quantitative estimate of drug-likeness (QED) is 0.286. The molecule has 1 unspecified atom stereocenters. The van der Waals surface area contributed by atoms with Crippen molar-refractivity contribution in [3.8, 4) is 6.07 Å². The summed E-state index contributed by atoms with van der Waals surface area (Å²) < 4.78 is 6.31. The number of benzene rings is 2. The number of carbonyl (C=O) groups is 5. The van der Waals surface area contributed by atoms with Gasteiger partial charge in [0, 0.05) is 82.6 Å². The number of piperazine rings is 1. The lowest BCUT2D eigenvalue weighted by Crippen LogP contribution is -2.54. The van der Waals surface area contributed by atoms with Crippen LogP contribution in [0.2, 0.25) is 5.02 Å². The lowest BCUT2D eigenvalue weighted by Gasteiger charge is -2.37. The highest BCUT2D eigenvalue weighted by molar-refractivity contribution is 6.32. The SMILES string of the molecule is N#Cc1ccc(N2CCC(C(=O)Nc3ccc(N4CCC(OCCN5CCN(c6ccc7c(c6)C(=O)N(C6CCC(=O)NC6=O)C7=O)CC5)CC4)cn3)CC2)cc1Cl. The second-order valence-electron chi connectivity index (χ2n) is 15.5. The second kappa shape index (κ2) is 17.1. The van der Waals surface area contributed by atoms with E-state index in [2.05, 4.69) is 41.3 Å². The van der Waals surface area contributed by atoms with E-state index in [1.807, 2.05) is 36.5 Å². The minimum Gasteiger partial charge on any atom is -0.377 e. The number of hydrogen-bond donors (Lipinski definition) is 2. The maximum atomic E-state index is 13.3. The third-order valence-electron chi connectivity index (χ3n) is 12.0. The van der Waals surface area contributed by atoms with Gasteiger partial charge in [-0.05, 0) is 80.6 Å². The Kier molecular flexibility index (Phi) is 11.6. The monoisotopic (exact) mass is 807 g/mol. The molecule has 4 fully saturated rings. The number of nitriles is 1. The fourth-order valence-electron chi connectivity index (χ4n) is 8.58. The van der Waals surface area contributed by atoms with Gasteiger partial charge in [0.2, 0.25) is 17.7 Å². The van der Waals surface area contributed by atoms with Crippen molar-refractivity contribution in [2.45, 2.75) is 50.7 Å². The number of amides is 5.